The van der Waals surface area contributed by atoms with Gasteiger partial charge in [0.25, 0.3) is 5.91 Å². The normalized spacial score (nSPS) is 13.2. The minimum absolute atomic E-state index is 0.117. The molecule has 0 bridgehead atoms. The van der Waals surface area contributed by atoms with Gasteiger partial charge in [-0.05, 0) is 65.6 Å². The molecule has 0 unspecified atom stereocenters. The number of fused-ring (bicyclic) bond motifs is 1. The summed E-state index contributed by atoms with van der Waals surface area (Å²) in [6.07, 6.45) is -4.56. The summed E-state index contributed by atoms with van der Waals surface area (Å²) in [5, 5.41) is 9.01. The molecule has 0 saturated heterocycles. The number of aryl methyl sites for hydroxylation is 1. The van der Waals surface area contributed by atoms with E-state index in [0.29, 0.717) is 22.6 Å². The Kier molecular flexibility index (Phi) is 5.84. The lowest BCUT2D eigenvalue weighted by Crippen LogP contribution is -2.23. The summed E-state index contributed by atoms with van der Waals surface area (Å²) in [7, 11) is 0. The first-order chi connectivity index (χ1) is 15.6. The summed E-state index contributed by atoms with van der Waals surface area (Å²) in [4.78, 5) is 25.3. The Morgan fingerprint density at radius 1 is 1.09 bits per heavy atom. The molecule has 0 saturated carbocycles. The maximum Gasteiger partial charge on any atom is 0.416 e. The molecule has 0 spiro atoms. The summed E-state index contributed by atoms with van der Waals surface area (Å²) in [5.41, 5.74) is 3.08. The van der Waals surface area contributed by atoms with Crippen molar-refractivity contribution in [2.45, 2.75) is 32.7 Å². The zero-order valence-corrected chi connectivity index (χ0v) is 17.6. The molecular weight excluding hydrogens is 435 g/mol. The third-order valence-corrected chi connectivity index (χ3v) is 5.56. The van der Waals surface area contributed by atoms with Crippen LogP contribution in [0.25, 0.3) is 0 Å². The topological polar surface area (TPSA) is 66.8 Å². The van der Waals surface area contributed by atoms with Crippen molar-refractivity contribution in [1.29, 1.82) is 0 Å². The SMILES string of the molecule is Cc1ccc(CC(=O)O)cc1OCc1cccc2c1CN(c1ccc(C(F)(F)F)cc1)C2=O. The van der Waals surface area contributed by atoms with E-state index in [1.165, 1.54) is 17.0 Å². The van der Waals surface area contributed by atoms with E-state index in [1.54, 1.807) is 30.3 Å². The van der Waals surface area contributed by atoms with E-state index in [2.05, 4.69) is 0 Å². The number of benzene rings is 3. The number of nitrogens with zero attached hydrogens (tertiary/aromatic N) is 1. The van der Waals surface area contributed by atoms with Crippen LogP contribution in [0.15, 0.2) is 60.7 Å². The number of carboxylic acid groups (broad SMARTS) is 1. The van der Waals surface area contributed by atoms with Crippen molar-refractivity contribution in [2.24, 2.45) is 0 Å². The molecule has 0 aromatic heterocycles. The van der Waals surface area contributed by atoms with Gasteiger partial charge in [-0.3, -0.25) is 9.59 Å². The molecule has 1 aliphatic heterocycles. The predicted octanol–water partition coefficient (Wildman–Crippen LogP) is 5.38. The van der Waals surface area contributed by atoms with Crippen LogP contribution < -0.4 is 9.64 Å². The van der Waals surface area contributed by atoms with Crippen molar-refractivity contribution in [3.8, 4) is 5.75 Å². The van der Waals surface area contributed by atoms with Gasteiger partial charge >= 0.3 is 12.1 Å². The molecule has 1 aliphatic rings. The molecule has 0 fully saturated rings. The Hall–Kier alpha value is -3.81. The summed E-state index contributed by atoms with van der Waals surface area (Å²) in [6.45, 7) is 2.23. The number of carbonyl (C=O) groups excluding carboxylic acids is 1. The lowest BCUT2D eigenvalue weighted by Gasteiger charge is -2.17. The van der Waals surface area contributed by atoms with E-state index < -0.39 is 17.7 Å². The number of alkyl halides is 3. The van der Waals surface area contributed by atoms with Gasteiger partial charge in [-0.1, -0.05) is 24.3 Å². The Labute approximate surface area is 188 Å². The Balaban J connectivity index is 1.54. The second-order valence-electron chi connectivity index (χ2n) is 7.84. The van der Waals surface area contributed by atoms with Crippen molar-refractivity contribution in [2.75, 3.05) is 4.90 Å². The second-order valence-corrected chi connectivity index (χ2v) is 7.84. The fourth-order valence-corrected chi connectivity index (χ4v) is 3.81. The largest absolute Gasteiger partial charge is 0.489 e. The highest BCUT2D eigenvalue weighted by Gasteiger charge is 2.33. The van der Waals surface area contributed by atoms with Gasteiger partial charge < -0.3 is 14.7 Å². The maximum atomic E-state index is 12.9. The lowest BCUT2D eigenvalue weighted by atomic mass is 10.0. The van der Waals surface area contributed by atoms with Gasteiger partial charge in [-0.2, -0.15) is 13.2 Å². The van der Waals surface area contributed by atoms with Crippen molar-refractivity contribution in [3.05, 3.63) is 94.0 Å². The Bertz CT molecular complexity index is 1220. The molecular formula is C25H20F3NO4. The van der Waals surface area contributed by atoms with Gasteiger partial charge in [0.05, 0.1) is 18.5 Å². The number of carbonyl (C=O) groups is 2. The zero-order valence-electron chi connectivity index (χ0n) is 17.6. The van der Waals surface area contributed by atoms with E-state index in [4.69, 9.17) is 9.84 Å². The average molecular weight is 455 g/mol. The number of halogens is 3. The van der Waals surface area contributed by atoms with Crippen LogP contribution in [0.4, 0.5) is 18.9 Å². The number of hydrogen-bond donors (Lipinski definition) is 1. The molecule has 1 N–H and O–H groups in total. The molecule has 33 heavy (non-hydrogen) atoms. The van der Waals surface area contributed by atoms with Crippen LogP contribution in [-0.2, 0) is 30.5 Å². The van der Waals surface area contributed by atoms with E-state index in [-0.39, 0.29) is 25.5 Å². The Morgan fingerprint density at radius 3 is 2.48 bits per heavy atom. The number of rotatable bonds is 6. The molecule has 4 rings (SSSR count). The van der Waals surface area contributed by atoms with Crippen LogP contribution in [0.2, 0.25) is 0 Å². The van der Waals surface area contributed by atoms with Gasteiger partial charge in [0.2, 0.25) is 0 Å². The molecule has 0 radical (unpaired) electrons. The summed E-state index contributed by atoms with van der Waals surface area (Å²) < 4.78 is 44.5. The average Bonchev–Trinajstić information content (AvgIpc) is 3.10. The van der Waals surface area contributed by atoms with Crippen LogP contribution in [-0.4, -0.2) is 17.0 Å². The first kappa shape index (κ1) is 22.4. The molecule has 170 valence electrons. The fourth-order valence-electron chi connectivity index (χ4n) is 3.81. The van der Waals surface area contributed by atoms with Gasteiger partial charge in [0.1, 0.15) is 12.4 Å². The van der Waals surface area contributed by atoms with Gasteiger partial charge in [-0.15, -0.1) is 0 Å². The highest BCUT2D eigenvalue weighted by molar-refractivity contribution is 6.10. The molecule has 5 nitrogen and oxygen atoms in total. The molecule has 1 amide bonds. The summed E-state index contributed by atoms with van der Waals surface area (Å²) in [6, 6.07) is 15.0. The highest BCUT2D eigenvalue weighted by Crippen LogP contribution is 2.34. The zero-order chi connectivity index (χ0) is 23.8. The number of hydrogen-bond acceptors (Lipinski definition) is 3. The lowest BCUT2D eigenvalue weighted by molar-refractivity contribution is -0.138. The van der Waals surface area contributed by atoms with Crippen LogP contribution in [0.5, 0.6) is 5.75 Å². The van der Waals surface area contributed by atoms with E-state index in [9.17, 15) is 22.8 Å². The van der Waals surface area contributed by atoms with Crippen molar-refractivity contribution in [1.82, 2.24) is 0 Å². The fraction of sp³-hybridized carbons (Fsp3) is 0.200. The summed E-state index contributed by atoms with van der Waals surface area (Å²) in [5.74, 6) is -0.672. The number of aliphatic carboxylic acids is 1. The molecule has 3 aromatic rings. The Morgan fingerprint density at radius 2 is 1.82 bits per heavy atom. The van der Waals surface area contributed by atoms with Gasteiger partial charge in [0.15, 0.2) is 0 Å². The van der Waals surface area contributed by atoms with Crippen molar-refractivity contribution >= 4 is 17.6 Å². The van der Waals surface area contributed by atoms with Crippen LogP contribution in [0, 0.1) is 6.92 Å². The number of carboxylic acids is 1. The van der Waals surface area contributed by atoms with Crippen LogP contribution >= 0.6 is 0 Å². The smallest absolute Gasteiger partial charge is 0.416 e. The number of amides is 1. The predicted molar refractivity (Wildman–Crippen MR) is 115 cm³/mol. The van der Waals surface area contributed by atoms with E-state index >= 15 is 0 Å². The highest BCUT2D eigenvalue weighted by atomic mass is 19.4. The van der Waals surface area contributed by atoms with Crippen molar-refractivity contribution in [3.63, 3.8) is 0 Å². The minimum atomic E-state index is -4.44. The van der Waals surface area contributed by atoms with Crippen LogP contribution in [0.3, 0.4) is 0 Å². The third kappa shape index (κ3) is 4.69. The summed E-state index contributed by atoms with van der Waals surface area (Å²) >= 11 is 0. The molecule has 3 aromatic carbocycles. The number of anilines is 1. The van der Waals surface area contributed by atoms with Gasteiger partial charge in [0, 0.05) is 11.3 Å². The van der Waals surface area contributed by atoms with Crippen LogP contribution in [0.1, 0.15) is 38.2 Å². The minimum Gasteiger partial charge on any atom is -0.489 e. The standard InChI is InChI=1S/C25H20F3NO4/c1-15-5-6-16(12-23(30)31)11-22(15)33-14-17-3-2-4-20-21(17)13-29(24(20)32)19-9-7-18(8-10-19)25(26,27)28/h2-11H,12-14H2,1H3,(H,30,31). The number of ether oxygens (including phenoxy) is 1. The van der Waals surface area contributed by atoms with Crippen molar-refractivity contribution < 1.29 is 32.6 Å². The van der Waals surface area contributed by atoms with E-state index in [0.717, 1.165) is 28.8 Å². The molecule has 0 atom stereocenters. The third-order valence-electron chi connectivity index (χ3n) is 5.56. The molecule has 0 aliphatic carbocycles. The van der Waals surface area contributed by atoms with Gasteiger partial charge in [-0.25, -0.2) is 0 Å². The molecule has 8 heteroatoms. The van der Waals surface area contributed by atoms with E-state index in [1.807, 2.05) is 13.0 Å². The molecule has 1 heterocycles. The second kappa shape index (κ2) is 8.61. The first-order valence-corrected chi connectivity index (χ1v) is 10.2. The monoisotopic (exact) mass is 455 g/mol. The first-order valence-electron chi connectivity index (χ1n) is 10.2. The maximum absolute atomic E-state index is 12.9. The quantitative estimate of drug-likeness (QED) is 0.542.